The van der Waals surface area contributed by atoms with E-state index in [0.717, 1.165) is 16.7 Å². The molecule has 0 saturated carbocycles. The second kappa shape index (κ2) is 2.93. The third-order valence-corrected chi connectivity index (χ3v) is 2.93. The monoisotopic (exact) mass is 223 g/mol. The van der Waals surface area contributed by atoms with E-state index in [1.807, 2.05) is 29.9 Å². The molecule has 0 atom stereocenters. The highest BCUT2D eigenvalue weighted by Gasteiger charge is 2.44. The maximum Gasteiger partial charge on any atom is 0.282 e. The summed E-state index contributed by atoms with van der Waals surface area (Å²) in [5.41, 5.74) is 2.62. The molecule has 1 fully saturated rings. The molecule has 0 N–H and O–H groups in total. The molecule has 0 bridgehead atoms. The fourth-order valence-electron chi connectivity index (χ4n) is 1.99. The highest BCUT2D eigenvalue weighted by molar-refractivity contribution is 5.79. The number of aryl methyl sites for hydroxylation is 1. The first-order valence-electron chi connectivity index (χ1n) is 5.09. The lowest BCUT2D eigenvalue weighted by Gasteiger charge is -2.40. The molecule has 0 aromatic carbocycles. The second-order valence-electron chi connectivity index (χ2n) is 4.24. The minimum absolute atomic E-state index is 0.204. The summed E-state index contributed by atoms with van der Waals surface area (Å²) in [5, 5.41) is 0. The summed E-state index contributed by atoms with van der Waals surface area (Å²) in [4.78, 5) is 5.88. The zero-order valence-corrected chi connectivity index (χ0v) is 8.82. The van der Waals surface area contributed by atoms with Gasteiger partial charge in [0.05, 0.1) is 36.0 Å². The molecule has 1 aliphatic rings. The van der Waals surface area contributed by atoms with Crippen LogP contribution < -0.4 is 4.90 Å². The Bertz CT molecular complexity index is 539. The number of halogens is 2. The Morgan fingerprint density at radius 3 is 2.81 bits per heavy atom. The molecule has 0 spiro atoms. The lowest BCUT2D eigenvalue weighted by molar-refractivity contribution is -0.0262. The van der Waals surface area contributed by atoms with Crippen molar-refractivity contribution >= 4 is 16.7 Å². The molecule has 16 heavy (non-hydrogen) atoms. The van der Waals surface area contributed by atoms with Crippen LogP contribution in [0, 0.1) is 0 Å². The van der Waals surface area contributed by atoms with Crippen LogP contribution in [0.15, 0.2) is 24.5 Å². The third kappa shape index (κ3) is 1.35. The van der Waals surface area contributed by atoms with Crippen LogP contribution in [0.4, 0.5) is 14.5 Å². The molecule has 2 aromatic heterocycles. The number of hydrogen-bond donors (Lipinski definition) is 0. The number of hydrogen-bond acceptors (Lipinski definition) is 2. The van der Waals surface area contributed by atoms with E-state index in [-0.39, 0.29) is 13.1 Å². The molecule has 0 amide bonds. The van der Waals surface area contributed by atoms with Crippen molar-refractivity contribution in [2.75, 3.05) is 18.0 Å². The molecule has 0 unspecified atom stereocenters. The minimum atomic E-state index is -2.54. The molecule has 84 valence electrons. The van der Waals surface area contributed by atoms with Gasteiger partial charge >= 0.3 is 0 Å². The van der Waals surface area contributed by atoms with Gasteiger partial charge in [0.1, 0.15) is 0 Å². The Morgan fingerprint density at radius 2 is 2.12 bits per heavy atom. The van der Waals surface area contributed by atoms with Crippen molar-refractivity contribution in [1.82, 2.24) is 9.55 Å². The van der Waals surface area contributed by atoms with Gasteiger partial charge in [-0.15, -0.1) is 0 Å². The number of nitrogens with zero attached hydrogens (tertiary/aromatic N) is 3. The Morgan fingerprint density at radius 1 is 1.38 bits per heavy atom. The number of anilines is 1. The van der Waals surface area contributed by atoms with Gasteiger partial charge in [-0.3, -0.25) is 4.98 Å². The van der Waals surface area contributed by atoms with Crippen LogP contribution in [0.5, 0.6) is 0 Å². The van der Waals surface area contributed by atoms with Crippen LogP contribution >= 0.6 is 0 Å². The quantitative estimate of drug-likeness (QED) is 0.737. The van der Waals surface area contributed by atoms with Crippen molar-refractivity contribution in [3.8, 4) is 0 Å². The summed E-state index contributed by atoms with van der Waals surface area (Å²) < 4.78 is 27.4. The van der Waals surface area contributed by atoms with Gasteiger partial charge in [-0.1, -0.05) is 0 Å². The van der Waals surface area contributed by atoms with E-state index in [2.05, 4.69) is 4.98 Å². The van der Waals surface area contributed by atoms with Crippen molar-refractivity contribution in [2.24, 2.45) is 7.05 Å². The molecular formula is C11H11F2N3. The summed E-state index contributed by atoms with van der Waals surface area (Å²) >= 11 is 0. The molecule has 1 aliphatic heterocycles. The fraction of sp³-hybridized carbons (Fsp3) is 0.364. The van der Waals surface area contributed by atoms with Gasteiger partial charge < -0.3 is 9.47 Å². The van der Waals surface area contributed by atoms with Crippen molar-refractivity contribution in [3.63, 3.8) is 0 Å². The van der Waals surface area contributed by atoms with Gasteiger partial charge in [0.2, 0.25) is 0 Å². The number of aromatic nitrogens is 2. The van der Waals surface area contributed by atoms with E-state index < -0.39 is 5.92 Å². The molecule has 0 aliphatic carbocycles. The molecule has 0 radical (unpaired) electrons. The molecule has 3 nitrogen and oxygen atoms in total. The summed E-state index contributed by atoms with van der Waals surface area (Å²) in [5.74, 6) is -2.54. The van der Waals surface area contributed by atoms with Crippen molar-refractivity contribution in [2.45, 2.75) is 5.92 Å². The van der Waals surface area contributed by atoms with Crippen LogP contribution in [0.3, 0.4) is 0 Å². The first-order chi connectivity index (χ1) is 7.55. The van der Waals surface area contributed by atoms with Gasteiger partial charge in [0, 0.05) is 13.2 Å². The maximum atomic E-state index is 12.7. The van der Waals surface area contributed by atoms with Crippen LogP contribution in [0.25, 0.3) is 11.0 Å². The average Bonchev–Trinajstić information content (AvgIpc) is 2.56. The van der Waals surface area contributed by atoms with Crippen molar-refractivity contribution in [1.29, 1.82) is 0 Å². The molecule has 2 aromatic rings. The Hall–Kier alpha value is -1.65. The first-order valence-corrected chi connectivity index (χ1v) is 5.09. The smallest absolute Gasteiger partial charge is 0.282 e. The van der Waals surface area contributed by atoms with Crippen LogP contribution in [0.2, 0.25) is 0 Å². The Kier molecular flexibility index (Phi) is 1.75. The van der Waals surface area contributed by atoms with E-state index >= 15 is 0 Å². The van der Waals surface area contributed by atoms with Crippen LogP contribution in [-0.4, -0.2) is 28.6 Å². The van der Waals surface area contributed by atoms with E-state index in [4.69, 9.17) is 0 Å². The van der Waals surface area contributed by atoms with Crippen LogP contribution in [0.1, 0.15) is 0 Å². The van der Waals surface area contributed by atoms with E-state index in [9.17, 15) is 8.78 Å². The predicted octanol–water partition coefficient (Wildman–Crippen LogP) is 2.03. The van der Waals surface area contributed by atoms with E-state index in [1.54, 1.807) is 11.1 Å². The molecule has 5 heteroatoms. The largest absolute Gasteiger partial charge is 0.358 e. The van der Waals surface area contributed by atoms with Crippen molar-refractivity contribution in [3.05, 3.63) is 24.5 Å². The van der Waals surface area contributed by atoms with Crippen molar-refractivity contribution < 1.29 is 8.78 Å². The maximum absolute atomic E-state index is 12.7. The minimum Gasteiger partial charge on any atom is -0.358 e. The SMILES string of the molecule is Cn1ccc2ncc(N3CC(F)(F)C3)cc21. The Balaban J connectivity index is 1.97. The van der Waals surface area contributed by atoms with Gasteiger partial charge in [0.25, 0.3) is 5.92 Å². The standard InChI is InChI=1S/C11H11F2N3/c1-15-3-2-9-10(15)4-8(5-14-9)16-6-11(12,13)7-16/h2-5H,6-7H2,1H3. The second-order valence-corrected chi connectivity index (χ2v) is 4.24. The summed E-state index contributed by atoms with van der Waals surface area (Å²) in [6.45, 7) is -0.408. The lowest BCUT2D eigenvalue weighted by atomic mass is 10.1. The first kappa shape index (κ1) is 9.57. The number of alkyl halides is 2. The van der Waals surface area contributed by atoms with Crippen LogP contribution in [-0.2, 0) is 7.05 Å². The summed E-state index contributed by atoms with van der Waals surface area (Å²) in [6.07, 6.45) is 3.56. The number of fused-ring (bicyclic) bond motifs is 1. The fourth-order valence-corrected chi connectivity index (χ4v) is 1.99. The average molecular weight is 223 g/mol. The zero-order chi connectivity index (χ0) is 11.3. The highest BCUT2D eigenvalue weighted by Crippen LogP contribution is 2.32. The predicted molar refractivity (Wildman–Crippen MR) is 57.9 cm³/mol. The topological polar surface area (TPSA) is 21.1 Å². The molecule has 3 rings (SSSR count). The Labute approximate surface area is 91.3 Å². The zero-order valence-electron chi connectivity index (χ0n) is 8.82. The summed E-state index contributed by atoms with van der Waals surface area (Å²) in [6, 6.07) is 3.81. The van der Waals surface area contributed by atoms with Gasteiger partial charge in [-0.05, 0) is 12.1 Å². The number of pyridine rings is 1. The van der Waals surface area contributed by atoms with Gasteiger partial charge in [-0.2, -0.15) is 0 Å². The third-order valence-electron chi connectivity index (χ3n) is 2.93. The van der Waals surface area contributed by atoms with Gasteiger partial charge in [-0.25, -0.2) is 8.78 Å². The summed E-state index contributed by atoms with van der Waals surface area (Å²) in [7, 11) is 1.92. The highest BCUT2D eigenvalue weighted by atomic mass is 19.3. The van der Waals surface area contributed by atoms with E-state index in [0.29, 0.717) is 0 Å². The number of rotatable bonds is 1. The van der Waals surface area contributed by atoms with E-state index in [1.165, 1.54) is 0 Å². The lowest BCUT2D eigenvalue weighted by Crippen LogP contribution is -2.56. The molecular weight excluding hydrogens is 212 g/mol. The normalized spacial score (nSPS) is 18.8. The van der Waals surface area contributed by atoms with Gasteiger partial charge in [0.15, 0.2) is 0 Å². The molecule has 1 saturated heterocycles. The molecule has 3 heterocycles.